The first-order chi connectivity index (χ1) is 10.1. The van der Waals surface area contributed by atoms with Crippen molar-refractivity contribution in [2.75, 3.05) is 6.54 Å². The second-order valence-electron chi connectivity index (χ2n) is 6.88. The zero-order valence-corrected chi connectivity index (χ0v) is 13.6. The Morgan fingerprint density at radius 3 is 2.90 bits per heavy atom. The molecule has 0 aromatic carbocycles. The quantitative estimate of drug-likeness (QED) is 0.819. The van der Waals surface area contributed by atoms with Gasteiger partial charge in [0.05, 0.1) is 6.33 Å². The molecule has 0 radical (unpaired) electrons. The van der Waals surface area contributed by atoms with Crippen LogP contribution < -0.4 is 5.32 Å². The normalized spacial score (nSPS) is 26.0. The molecule has 0 saturated heterocycles. The fourth-order valence-corrected chi connectivity index (χ4v) is 3.53. The van der Waals surface area contributed by atoms with Crippen LogP contribution in [0.2, 0.25) is 0 Å². The van der Waals surface area contributed by atoms with Crippen molar-refractivity contribution in [3.63, 3.8) is 0 Å². The van der Waals surface area contributed by atoms with Gasteiger partial charge in [0, 0.05) is 31.4 Å². The number of carbonyl (C=O) groups is 1. The lowest BCUT2D eigenvalue weighted by molar-refractivity contribution is -0.129. The van der Waals surface area contributed by atoms with E-state index in [1.165, 1.54) is 12.8 Å². The van der Waals surface area contributed by atoms with Gasteiger partial charge in [-0.1, -0.05) is 27.2 Å². The van der Waals surface area contributed by atoms with Crippen LogP contribution in [0.1, 0.15) is 46.5 Å². The molecule has 4 heteroatoms. The van der Waals surface area contributed by atoms with Crippen molar-refractivity contribution in [1.29, 1.82) is 0 Å². The number of aromatic nitrogens is 2. The number of aryl methyl sites for hydroxylation is 1. The van der Waals surface area contributed by atoms with E-state index in [-0.39, 0.29) is 11.8 Å². The Balaban J connectivity index is 1.77. The van der Waals surface area contributed by atoms with E-state index in [2.05, 4.69) is 31.1 Å². The number of hydrogen-bond acceptors (Lipinski definition) is 2. The molecule has 21 heavy (non-hydrogen) atoms. The fraction of sp³-hybridized carbons (Fsp3) is 0.765. The highest BCUT2D eigenvalue weighted by atomic mass is 16.1. The van der Waals surface area contributed by atoms with Gasteiger partial charge in [0.2, 0.25) is 5.91 Å². The van der Waals surface area contributed by atoms with Gasteiger partial charge in [-0.25, -0.2) is 4.98 Å². The minimum Gasteiger partial charge on any atom is -0.356 e. The third-order valence-corrected chi connectivity index (χ3v) is 4.81. The first-order valence-corrected chi connectivity index (χ1v) is 8.31. The predicted molar refractivity (Wildman–Crippen MR) is 84.7 cm³/mol. The van der Waals surface area contributed by atoms with Crippen LogP contribution in [-0.2, 0) is 11.3 Å². The predicted octanol–water partition coefficient (Wildman–Crippen LogP) is 3.10. The molecule has 1 N–H and O–H groups in total. The molecule has 1 aliphatic carbocycles. The van der Waals surface area contributed by atoms with Crippen LogP contribution in [0.5, 0.6) is 0 Å². The summed E-state index contributed by atoms with van der Waals surface area (Å²) in [5, 5.41) is 3.15. The molecule has 1 fully saturated rings. The van der Waals surface area contributed by atoms with Crippen molar-refractivity contribution in [1.82, 2.24) is 14.9 Å². The van der Waals surface area contributed by atoms with Crippen molar-refractivity contribution in [3.05, 3.63) is 18.7 Å². The highest BCUT2D eigenvalue weighted by Crippen LogP contribution is 2.37. The molecule has 118 valence electrons. The van der Waals surface area contributed by atoms with Gasteiger partial charge < -0.3 is 9.88 Å². The van der Waals surface area contributed by atoms with Gasteiger partial charge in [-0.05, 0) is 37.0 Å². The van der Waals surface area contributed by atoms with Gasteiger partial charge in [0.1, 0.15) is 0 Å². The second-order valence-corrected chi connectivity index (χ2v) is 6.88. The van der Waals surface area contributed by atoms with E-state index in [1.807, 2.05) is 17.1 Å². The van der Waals surface area contributed by atoms with Gasteiger partial charge in [0.25, 0.3) is 0 Å². The molecule has 3 atom stereocenters. The molecule has 1 aliphatic rings. The summed E-state index contributed by atoms with van der Waals surface area (Å²) in [7, 11) is 0. The first kappa shape index (κ1) is 16.1. The minimum absolute atomic E-state index is 0.210. The summed E-state index contributed by atoms with van der Waals surface area (Å²) in [6, 6.07) is 0. The van der Waals surface area contributed by atoms with Gasteiger partial charge in [-0.3, -0.25) is 4.79 Å². The van der Waals surface area contributed by atoms with Crippen LogP contribution in [0.25, 0.3) is 0 Å². The highest BCUT2D eigenvalue weighted by molar-refractivity contribution is 5.79. The van der Waals surface area contributed by atoms with Crippen molar-refractivity contribution in [2.24, 2.45) is 23.7 Å². The fourth-order valence-electron chi connectivity index (χ4n) is 3.53. The monoisotopic (exact) mass is 291 g/mol. The summed E-state index contributed by atoms with van der Waals surface area (Å²) in [5.74, 6) is 2.31. The van der Waals surface area contributed by atoms with E-state index in [0.717, 1.165) is 25.9 Å². The number of nitrogens with zero attached hydrogens (tertiary/aromatic N) is 2. The molecule has 1 saturated carbocycles. The van der Waals surface area contributed by atoms with Crippen LogP contribution in [0.15, 0.2) is 18.7 Å². The van der Waals surface area contributed by atoms with Gasteiger partial charge in [-0.15, -0.1) is 0 Å². The van der Waals surface area contributed by atoms with E-state index in [1.54, 1.807) is 6.20 Å². The molecule has 1 amide bonds. The standard InChI is InChI=1S/C17H29N3O/c1-13(2)15-6-5-14(3)11-16(15)17(21)19-7-4-9-20-10-8-18-12-20/h8,10,12-16H,4-7,9,11H2,1-3H3,(H,19,21)/t14-,15+,16-/m1/s1. The maximum atomic E-state index is 12.5. The molecule has 1 heterocycles. The van der Waals surface area contributed by atoms with Crippen molar-refractivity contribution in [2.45, 2.75) is 53.0 Å². The molecular formula is C17H29N3O. The highest BCUT2D eigenvalue weighted by Gasteiger charge is 2.35. The maximum Gasteiger partial charge on any atom is 0.223 e. The SMILES string of the molecule is CC(C)[C@@H]1CC[C@@H](C)C[C@H]1C(=O)NCCCn1ccnc1. The number of imidazole rings is 1. The Labute approximate surface area is 128 Å². The van der Waals surface area contributed by atoms with E-state index >= 15 is 0 Å². The number of carbonyl (C=O) groups excluding carboxylic acids is 1. The molecule has 1 aromatic heterocycles. The Hall–Kier alpha value is -1.32. The maximum absolute atomic E-state index is 12.5. The van der Waals surface area contributed by atoms with Gasteiger partial charge in [0.15, 0.2) is 0 Å². The smallest absolute Gasteiger partial charge is 0.223 e. The zero-order valence-electron chi connectivity index (χ0n) is 13.6. The first-order valence-electron chi connectivity index (χ1n) is 8.31. The van der Waals surface area contributed by atoms with E-state index in [9.17, 15) is 4.79 Å². The van der Waals surface area contributed by atoms with Crippen molar-refractivity contribution < 1.29 is 4.79 Å². The average molecular weight is 291 g/mol. The lowest BCUT2D eigenvalue weighted by atomic mass is 9.70. The van der Waals surface area contributed by atoms with E-state index in [0.29, 0.717) is 17.8 Å². The number of rotatable bonds is 6. The van der Waals surface area contributed by atoms with Gasteiger partial charge >= 0.3 is 0 Å². The molecule has 1 aromatic rings. The van der Waals surface area contributed by atoms with Crippen LogP contribution >= 0.6 is 0 Å². The topological polar surface area (TPSA) is 46.9 Å². The van der Waals surface area contributed by atoms with E-state index < -0.39 is 0 Å². The summed E-state index contributed by atoms with van der Waals surface area (Å²) in [5.41, 5.74) is 0. The average Bonchev–Trinajstić information content (AvgIpc) is 2.96. The Morgan fingerprint density at radius 1 is 1.43 bits per heavy atom. The molecule has 2 rings (SSSR count). The summed E-state index contributed by atoms with van der Waals surface area (Å²) >= 11 is 0. The largest absolute Gasteiger partial charge is 0.356 e. The summed E-state index contributed by atoms with van der Waals surface area (Å²) < 4.78 is 2.05. The molecule has 0 spiro atoms. The Morgan fingerprint density at radius 2 is 2.24 bits per heavy atom. The minimum atomic E-state index is 0.210. The third kappa shape index (κ3) is 4.58. The lowest BCUT2D eigenvalue weighted by Gasteiger charge is -2.36. The molecule has 0 bridgehead atoms. The lowest BCUT2D eigenvalue weighted by Crippen LogP contribution is -2.40. The van der Waals surface area contributed by atoms with Crippen molar-refractivity contribution in [3.8, 4) is 0 Å². The van der Waals surface area contributed by atoms with Crippen LogP contribution in [0, 0.1) is 23.7 Å². The molecule has 0 unspecified atom stereocenters. The number of nitrogens with one attached hydrogen (secondary N) is 1. The summed E-state index contributed by atoms with van der Waals surface area (Å²) in [6.45, 7) is 8.44. The van der Waals surface area contributed by atoms with Gasteiger partial charge in [-0.2, -0.15) is 0 Å². The van der Waals surface area contributed by atoms with Crippen LogP contribution in [-0.4, -0.2) is 22.0 Å². The van der Waals surface area contributed by atoms with Crippen molar-refractivity contribution >= 4 is 5.91 Å². The summed E-state index contributed by atoms with van der Waals surface area (Å²) in [6.07, 6.45) is 10.0. The second kappa shape index (κ2) is 7.62. The number of hydrogen-bond donors (Lipinski definition) is 1. The van der Waals surface area contributed by atoms with Crippen LogP contribution in [0.3, 0.4) is 0 Å². The molecule has 0 aliphatic heterocycles. The summed E-state index contributed by atoms with van der Waals surface area (Å²) in [4.78, 5) is 16.5. The van der Waals surface area contributed by atoms with Crippen LogP contribution in [0.4, 0.5) is 0 Å². The third-order valence-electron chi connectivity index (χ3n) is 4.81. The molecular weight excluding hydrogens is 262 g/mol. The number of amides is 1. The Bertz CT molecular complexity index is 427. The zero-order chi connectivity index (χ0) is 15.2. The molecule has 4 nitrogen and oxygen atoms in total. The van der Waals surface area contributed by atoms with E-state index in [4.69, 9.17) is 0 Å². The Kier molecular flexibility index (Phi) is 5.83.